The Morgan fingerprint density at radius 3 is 2.55 bits per heavy atom. The highest BCUT2D eigenvalue weighted by atomic mass is 14.9. The van der Waals surface area contributed by atoms with E-state index in [1.807, 2.05) is 49.4 Å². The van der Waals surface area contributed by atoms with Crippen molar-refractivity contribution in [3.63, 3.8) is 0 Å². The molecule has 0 bridgehead atoms. The first-order valence-electron chi connectivity index (χ1n) is 6.48. The molecular formula is C16H20N4. The maximum atomic E-state index is 5.88. The van der Waals surface area contributed by atoms with Gasteiger partial charge in [0.15, 0.2) is 0 Å². The Labute approximate surface area is 119 Å². The second kappa shape index (κ2) is 6.02. The molecule has 0 aliphatic heterocycles. The van der Waals surface area contributed by atoms with Crippen LogP contribution >= 0.6 is 0 Å². The molecule has 0 fully saturated rings. The molecule has 0 amide bonds. The Hall–Kier alpha value is -2.62. The van der Waals surface area contributed by atoms with Gasteiger partial charge in [-0.15, -0.1) is 0 Å². The molecule has 0 saturated heterocycles. The summed E-state index contributed by atoms with van der Waals surface area (Å²) >= 11 is 0. The topological polar surface area (TPSA) is 90.1 Å². The molecule has 0 unspecified atom stereocenters. The molecule has 7 N–H and O–H groups in total. The lowest BCUT2D eigenvalue weighted by atomic mass is 10.1. The van der Waals surface area contributed by atoms with Crippen molar-refractivity contribution in [2.45, 2.75) is 6.92 Å². The number of nitrogens with one attached hydrogen (secondary N) is 1. The van der Waals surface area contributed by atoms with Crippen LogP contribution in [0.1, 0.15) is 11.1 Å². The van der Waals surface area contributed by atoms with Gasteiger partial charge in [-0.05, 0) is 48.4 Å². The number of anilines is 4. The molecule has 0 saturated carbocycles. The Balaban J connectivity index is 1.96. The van der Waals surface area contributed by atoms with Crippen molar-refractivity contribution >= 4 is 28.8 Å². The van der Waals surface area contributed by atoms with Crippen LogP contribution in [0.25, 0.3) is 6.08 Å². The summed E-state index contributed by atoms with van der Waals surface area (Å²) in [6.45, 7) is 2.68. The molecule has 20 heavy (non-hydrogen) atoms. The average molecular weight is 268 g/mol. The first-order chi connectivity index (χ1) is 9.56. The summed E-state index contributed by atoms with van der Waals surface area (Å²) in [5, 5.41) is 3.28. The van der Waals surface area contributed by atoms with Crippen molar-refractivity contribution in [1.29, 1.82) is 0 Å². The summed E-state index contributed by atoms with van der Waals surface area (Å²) in [4.78, 5) is 0. The molecule has 104 valence electrons. The lowest BCUT2D eigenvalue weighted by Gasteiger charge is -2.06. The minimum absolute atomic E-state index is 0.691. The van der Waals surface area contributed by atoms with Gasteiger partial charge in [-0.2, -0.15) is 0 Å². The summed E-state index contributed by atoms with van der Waals surface area (Å²) < 4.78 is 0. The Kier molecular flexibility index (Phi) is 4.15. The van der Waals surface area contributed by atoms with E-state index < -0.39 is 0 Å². The summed E-state index contributed by atoms with van der Waals surface area (Å²) in [5.74, 6) is 0. The number of benzene rings is 2. The van der Waals surface area contributed by atoms with Gasteiger partial charge in [0.25, 0.3) is 0 Å². The number of nitrogens with two attached hydrogens (primary N) is 3. The van der Waals surface area contributed by atoms with Crippen LogP contribution in [0, 0.1) is 6.92 Å². The quantitative estimate of drug-likeness (QED) is 0.642. The zero-order valence-corrected chi connectivity index (χ0v) is 11.6. The maximum Gasteiger partial charge on any atom is 0.0389 e. The third-order valence-corrected chi connectivity index (χ3v) is 3.11. The Morgan fingerprint density at radius 1 is 1.00 bits per heavy atom. The third kappa shape index (κ3) is 3.45. The number of hydrogen-bond donors (Lipinski definition) is 4. The molecule has 2 aromatic carbocycles. The number of rotatable bonds is 4. The fraction of sp³-hybridized carbons (Fsp3) is 0.125. The van der Waals surface area contributed by atoms with Gasteiger partial charge in [0.2, 0.25) is 0 Å². The number of hydrogen-bond acceptors (Lipinski definition) is 4. The summed E-state index contributed by atoms with van der Waals surface area (Å²) in [6.07, 6.45) is 3.96. The van der Waals surface area contributed by atoms with Gasteiger partial charge >= 0.3 is 0 Å². The lowest BCUT2D eigenvalue weighted by molar-refractivity contribution is 1.33. The zero-order valence-electron chi connectivity index (χ0n) is 11.6. The fourth-order valence-electron chi connectivity index (χ4n) is 1.85. The standard InChI is InChI=1S/C16H20N4/c1-11-4-6-14(10-16(11)19)20-8-2-3-12-9-13(17)5-7-15(12)18/h2-7,9-10,20H,8,17-19H2,1H3. The third-order valence-electron chi connectivity index (χ3n) is 3.11. The Bertz CT molecular complexity index is 632. The second-order valence-corrected chi connectivity index (χ2v) is 4.74. The molecular weight excluding hydrogens is 248 g/mol. The number of nitrogen functional groups attached to an aromatic ring is 3. The molecule has 0 aromatic heterocycles. The van der Waals surface area contributed by atoms with Crippen molar-refractivity contribution in [2.75, 3.05) is 29.1 Å². The van der Waals surface area contributed by atoms with Crippen LogP contribution in [0.15, 0.2) is 42.5 Å². The van der Waals surface area contributed by atoms with E-state index in [2.05, 4.69) is 5.32 Å². The zero-order chi connectivity index (χ0) is 14.5. The Morgan fingerprint density at radius 2 is 1.80 bits per heavy atom. The van der Waals surface area contributed by atoms with Gasteiger partial charge in [-0.3, -0.25) is 0 Å². The van der Waals surface area contributed by atoms with Crippen LogP contribution in [0.4, 0.5) is 22.7 Å². The predicted octanol–water partition coefficient (Wildman–Crippen LogP) is 2.87. The van der Waals surface area contributed by atoms with Crippen LogP contribution in [0.3, 0.4) is 0 Å². The first kappa shape index (κ1) is 13.8. The molecule has 4 heteroatoms. The van der Waals surface area contributed by atoms with Gasteiger partial charge in [-0.1, -0.05) is 18.2 Å². The highest BCUT2D eigenvalue weighted by Crippen LogP contribution is 2.18. The monoisotopic (exact) mass is 268 g/mol. The lowest BCUT2D eigenvalue weighted by Crippen LogP contribution is -2.00. The van der Waals surface area contributed by atoms with E-state index in [1.165, 1.54) is 0 Å². The normalized spacial score (nSPS) is 10.8. The predicted molar refractivity (Wildman–Crippen MR) is 88.4 cm³/mol. The summed E-state index contributed by atoms with van der Waals surface area (Å²) in [7, 11) is 0. The van der Waals surface area contributed by atoms with E-state index >= 15 is 0 Å². The van der Waals surface area contributed by atoms with Crippen LogP contribution < -0.4 is 22.5 Å². The molecule has 0 spiro atoms. The fourth-order valence-corrected chi connectivity index (χ4v) is 1.85. The average Bonchev–Trinajstić information content (AvgIpc) is 2.42. The van der Waals surface area contributed by atoms with Gasteiger partial charge in [0, 0.05) is 29.3 Å². The van der Waals surface area contributed by atoms with Crippen LogP contribution in [0.5, 0.6) is 0 Å². The van der Waals surface area contributed by atoms with Gasteiger partial charge in [-0.25, -0.2) is 0 Å². The van der Waals surface area contributed by atoms with Crippen molar-refractivity contribution in [3.8, 4) is 0 Å². The molecule has 0 radical (unpaired) electrons. The smallest absolute Gasteiger partial charge is 0.0389 e. The van der Waals surface area contributed by atoms with E-state index in [1.54, 1.807) is 6.07 Å². The highest BCUT2D eigenvalue weighted by Gasteiger charge is 1.96. The van der Waals surface area contributed by atoms with Crippen LogP contribution in [-0.2, 0) is 0 Å². The second-order valence-electron chi connectivity index (χ2n) is 4.74. The van der Waals surface area contributed by atoms with E-state index in [0.717, 1.165) is 28.2 Å². The van der Waals surface area contributed by atoms with Crippen molar-refractivity contribution < 1.29 is 0 Å². The molecule has 0 aliphatic rings. The molecule has 0 heterocycles. The summed E-state index contributed by atoms with van der Waals surface area (Å²) in [6, 6.07) is 11.4. The molecule has 0 aliphatic carbocycles. The SMILES string of the molecule is Cc1ccc(NCC=Cc2cc(N)ccc2N)cc1N. The van der Waals surface area contributed by atoms with Crippen molar-refractivity contribution in [3.05, 3.63) is 53.6 Å². The summed E-state index contributed by atoms with van der Waals surface area (Å²) in [5.41, 5.74) is 22.7. The van der Waals surface area contributed by atoms with Crippen LogP contribution in [-0.4, -0.2) is 6.54 Å². The van der Waals surface area contributed by atoms with Crippen molar-refractivity contribution in [1.82, 2.24) is 0 Å². The highest BCUT2D eigenvalue weighted by molar-refractivity contribution is 5.68. The minimum atomic E-state index is 0.691. The minimum Gasteiger partial charge on any atom is -0.399 e. The van der Waals surface area contributed by atoms with E-state index in [0.29, 0.717) is 12.2 Å². The van der Waals surface area contributed by atoms with Crippen molar-refractivity contribution in [2.24, 2.45) is 0 Å². The van der Waals surface area contributed by atoms with Gasteiger partial charge < -0.3 is 22.5 Å². The molecule has 2 rings (SSSR count). The largest absolute Gasteiger partial charge is 0.399 e. The van der Waals surface area contributed by atoms with Crippen LogP contribution in [0.2, 0.25) is 0 Å². The molecule has 4 nitrogen and oxygen atoms in total. The first-order valence-corrected chi connectivity index (χ1v) is 6.48. The number of aryl methyl sites for hydroxylation is 1. The van der Waals surface area contributed by atoms with E-state index in [9.17, 15) is 0 Å². The van der Waals surface area contributed by atoms with Gasteiger partial charge in [0.1, 0.15) is 0 Å². The van der Waals surface area contributed by atoms with E-state index in [4.69, 9.17) is 17.2 Å². The molecule has 0 atom stereocenters. The molecule has 2 aromatic rings. The van der Waals surface area contributed by atoms with E-state index in [-0.39, 0.29) is 0 Å². The van der Waals surface area contributed by atoms with Gasteiger partial charge in [0.05, 0.1) is 0 Å². The maximum absolute atomic E-state index is 5.88.